The first kappa shape index (κ1) is 26.1. The van der Waals surface area contributed by atoms with Crippen LogP contribution < -0.4 is 0 Å². The molecule has 192 valence electrons. The van der Waals surface area contributed by atoms with Crippen molar-refractivity contribution in [1.29, 1.82) is 0 Å². The molecule has 0 radical (unpaired) electrons. The summed E-state index contributed by atoms with van der Waals surface area (Å²) in [7, 11) is 0. The van der Waals surface area contributed by atoms with Gasteiger partial charge in [0.1, 0.15) is 11.5 Å². The van der Waals surface area contributed by atoms with Crippen molar-refractivity contribution >= 4 is 5.78 Å². The standard InChI is InChI=1S/C30H45N3O2/c1-22(2)26-11-9-17-32(20-26)16-8-7-13-29(34)25-14-18-33(19-15-25)21-28-24(4)35-30(31-28)27-12-6-5-10-23(27)3/h5-6,10,12,22,25-26H,7-9,11,13-21H2,1-4H3. The van der Waals surface area contributed by atoms with E-state index in [2.05, 4.69) is 42.7 Å². The summed E-state index contributed by atoms with van der Waals surface area (Å²) in [4.78, 5) is 22.7. The van der Waals surface area contributed by atoms with Gasteiger partial charge in [-0.25, -0.2) is 4.98 Å². The number of piperidine rings is 2. The van der Waals surface area contributed by atoms with Gasteiger partial charge in [-0.3, -0.25) is 9.69 Å². The molecule has 1 aromatic heterocycles. The first-order valence-corrected chi connectivity index (χ1v) is 13.9. The van der Waals surface area contributed by atoms with Gasteiger partial charge in [-0.1, -0.05) is 32.0 Å². The molecular formula is C30H45N3O2. The number of hydrogen-bond donors (Lipinski definition) is 0. The van der Waals surface area contributed by atoms with Crippen LogP contribution in [0.3, 0.4) is 0 Å². The summed E-state index contributed by atoms with van der Waals surface area (Å²) in [6.45, 7) is 15.2. The molecule has 0 aliphatic carbocycles. The van der Waals surface area contributed by atoms with Crippen molar-refractivity contribution in [3.8, 4) is 11.5 Å². The maximum Gasteiger partial charge on any atom is 0.226 e. The zero-order valence-corrected chi connectivity index (χ0v) is 22.4. The van der Waals surface area contributed by atoms with Crippen molar-refractivity contribution in [3.63, 3.8) is 0 Å². The van der Waals surface area contributed by atoms with Crippen molar-refractivity contribution in [2.75, 3.05) is 32.7 Å². The average molecular weight is 480 g/mol. The lowest BCUT2D eigenvalue weighted by Crippen LogP contribution is -2.38. The van der Waals surface area contributed by atoms with E-state index in [1.54, 1.807) is 0 Å². The lowest BCUT2D eigenvalue weighted by atomic mass is 9.87. The van der Waals surface area contributed by atoms with Crippen LogP contribution in [0, 0.1) is 31.6 Å². The predicted molar refractivity (Wildman–Crippen MR) is 142 cm³/mol. The number of aryl methyl sites for hydroxylation is 2. The van der Waals surface area contributed by atoms with Crippen LogP contribution in [0.1, 0.15) is 75.8 Å². The number of unbranched alkanes of at least 4 members (excludes halogenated alkanes) is 1. The molecule has 3 heterocycles. The summed E-state index contributed by atoms with van der Waals surface area (Å²) in [5.74, 6) is 3.98. The van der Waals surface area contributed by atoms with Gasteiger partial charge in [0, 0.05) is 31.0 Å². The van der Waals surface area contributed by atoms with Crippen LogP contribution in [0.15, 0.2) is 28.7 Å². The minimum absolute atomic E-state index is 0.243. The number of Topliss-reactive ketones (excluding diaryl/α,β-unsaturated/α-hetero) is 1. The summed E-state index contributed by atoms with van der Waals surface area (Å²) >= 11 is 0. The normalized spacial score (nSPS) is 20.5. The Morgan fingerprint density at radius 1 is 1.06 bits per heavy atom. The molecule has 2 aliphatic heterocycles. The molecule has 2 saturated heterocycles. The number of hydrogen-bond acceptors (Lipinski definition) is 5. The van der Waals surface area contributed by atoms with Crippen molar-refractivity contribution in [2.24, 2.45) is 17.8 Å². The van der Waals surface area contributed by atoms with Gasteiger partial charge < -0.3 is 9.32 Å². The summed E-state index contributed by atoms with van der Waals surface area (Å²) in [6.07, 6.45) is 7.63. The van der Waals surface area contributed by atoms with E-state index in [4.69, 9.17) is 9.40 Å². The number of likely N-dealkylation sites (tertiary alicyclic amines) is 2. The number of aromatic nitrogens is 1. The minimum atomic E-state index is 0.243. The van der Waals surface area contributed by atoms with E-state index >= 15 is 0 Å². The van der Waals surface area contributed by atoms with Crippen molar-refractivity contribution < 1.29 is 9.21 Å². The highest BCUT2D eigenvalue weighted by molar-refractivity contribution is 5.81. The topological polar surface area (TPSA) is 49.6 Å². The predicted octanol–water partition coefficient (Wildman–Crippen LogP) is 6.28. The Balaban J connectivity index is 1.17. The maximum absolute atomic E-state index is 12.8. The smallest absolute Gasteiger partial charge is 0.226 e. The number of carbonyl (C=O) groups excluding carboxylic acids is 1. The first-order chi connectivity index (χ1) is 16.9. The summed E-state index contributed by atoms with van der Waals surface area (Å²) in [6, 6.07) is 8.22. The monoisotopic (exact) mass is 479 g/mol. The van der Waals surface area contributed by atoms with Crippen molar-refractivity contribution in [2.45, 2.75) is 79.2 Å². The van der Waals surface area contributed by atoms with E-state index in [1.807, 2.05) is 19.1 Å². The van der Waals surface area contributed by atoms with Gasteiger partial charge in [0.05, 0.1) is 5.69 Å². The second kappa shape index (κ2) is 12.3. The van der Waals surface area contributed by atoms with Crippen LogP contribution in [-0.2, 0) is 11.3 Å². The molecule has 0 amide bonds. The molecule has 2 aliphatic rings. The summed E-state index contributed by atoms with van der Waals surface area (Å²) < 4.78 is 6.00. The molecule has 0 spiro atoms. The second-order valence-electron chi connectivity index (χ2n) is 11.3. The van der Waals surface area contributed by atoms with E-state index in [9.17, 15) is 4.79 Å². The van der Waals surface area contributed by atoms with Crippen molar-refractivity contribution in [3.05, 3.63) is 41.3 Å². The molecule has 1 unspecified atom stereocenters. The number of carbonyl (C=O) groups is 1. The van der Waals surface area contributed by atoms with E-state index in [1.165, 1.54) is 31.5 Å². The van der Waals surface area contributed by atoms with Crippen LogP contribution in [0.25, 0.3) is 11.5 Å². The van der Waals surface area contributed by atoms with Gasteiger partial charge in [-0.05, 0) is 102 Å². The largest absolute Gasteiger partial charge is 0.441 e. The third-order valence-electron chi connectivity index (χ3n) is 8.32. The van der Waals surface area contributed by atoms with E-state index in [-0.39, 0.29) is 5.92 Å². The molecule has 0 bridgehead atoms. The fraction of sp³-hybridized carbons (Fsp3) is 0.667. The van der Waals surface area contributed by atoms with E-state index in [0.29, 0.717) is 11.7 Å². The molecule has 0 N–H and O–H groups in total. The third-order valence-corrected chi connectivity index (χ3v) is 8.32. The van der Waals surface area contributed by atoms with Gasteiger partial charge in [0.15, 0.2) is 0 Å². The Bertz CT molecular complexity index is 958. The molecule has 1 aromatic carbocycles. The van der Waals surface area contributed by atoms with Gasteiger partial charge in [0.25, 0.3) is 0 Å². The highest BCUT2D eigenvalue weighted by atomic mass is 16.4. The molecule has 2 fully saturated rings. The molecule has 4 rings (SSSR count). The van der Waals surface area contributed by atoms with Gasteiger partial charge in [-0.2, -0.15) is 0 Å². The molecule has 5 heteroatoms. The highest BCUT2D eigenvalue weighted by Gasteiger charge is 2.26. The maximum atomic E-state index is 12.8. The molecule has 2 aromatic rings. The van der Waals surface area contributed by atoms with Gasteiger partial charge >= 0.3 is 0 Å². The van der Waals surface area contributed by atoms with Crippen LogP contribution in [-0.4, -0.2) is 53.3 Å². The SMILES string of the molecule is Cc1ccccc1-c1nc(CN2CCC(C(=O)CCCCN3CCCC(C(C)C)C3)CC2)c(C)o1. The van der Waals surface area contributed by atoms with E-state index < -0.39 is 0 Å². The Hall–Kier alpha value is -1.98. The van der Waals surface area contributed by atoms with Crippen LogP contribution in [0.4, 0.5) is 0 Å². The first-order valence-electron chi connectivity index (χ1n) is 13.9. The quantitative estimate of drug-likeness (QED) is 0.376. The second-order valence-corrected chi connectivity index (χ2v) is 11.3. The summed E-state index contributed by atoms with van der Waals surface area (Å²) in [5.41, 5.74) is 3.26. The molecular weight excluding hydrogens is 434 g/mol. The molecule has 5 nitrogen and oxygen atoms in total. The minimum Gasteiger partial charge on any atom is -0.441 e. The number of benzene rings is 1. The van der Waals surface area contributed by atoms with Crippen molar-refractivity contribution in [1.82, 2.24) is 14.8 Å². The Morgan fingerprint density at radius 3 is 2.57 bits per heavy atom. The number of nitrogens with zero attached hydrogens (tertiary/aromatic N) is 3. The van der Waals surface area contributed by atoms with Crippen LogP contribution in [0.2, 0.25) is 0 Å². The molecule has 1 atom stereocenters. The average Bonchev–Trinajstić information content (AvgIpc) is 3.22. The Kier molecular flexibility index (Phi) is 9.18. The zero-order chi connectivity index (χ0) is 24.8. The van der Waals surface area contributed by atoms with Gasteiger partial charge in [0.2, 0.25) is 5.89 Å². The molecule has 35 heavy (non-hydrogen) atoms. The van der Waals surface area contributed by atoms with Gasteiger partial charge in [-0.15, -0.1) is 0 Å². The highest BCUT2D eigenvalue weighted by Crippen LogP contribution is 2.27. The number of oxazole rings is 1. The summed E-state index contributed by atoms with van der Waals surface area (Å²) in [5, 5.41) is 0. The number of ketones is 1. The Morgan fingerprint density at radius 2 is 1.83 bits per heavy atom. The lowest BCUT2D eigenvalue weighted by Gasteiger charge is -2.34. The zero-order valence-electron chi connectivity index (χ0n) is 22.4. The van der Waals surface area contributed by atoms with Crippen LogP contribution in [0.5, 0.6) is 0 Å². The fourth-order valence-electron chi connectivity index (χ4n) is 5.80. The molecule has 0 saturated carbocycles. The third kappa shape index (κ3) is 7.04. The number of rotatable bonds is 10. The lowest BCUT2D eigenvalue weighted by molar-refractivity contribution is -0.124. The fourth-order valence-corrected chi connectivity index (χ4v) is 5.80. The Labute approximate surface area is 212 Å². The van der Waals surface area contributed by atoms with Crippen LogP contribution >= 0.6 is 0 Å². The van der Waals surface area contributed by atoms with E-state index in [0.717, 1.165) is 87.1 Å².